The lowest BCUT2D eigenvalue weighted by molar-refractivity contribution is -0.184. The van der Waals surface area contributed by atoms with Crippen molar-refractivity contribution in [3.63, 3.8) is 0 Å². The van der Waals surface area contributed by atoms with Gasteiger partial charge in [0.1, 0.15) is 0 Å². The minimum Gasteiger partial charge on any atom is -0.313 e. The second kappa shape index (κ2) is 6.47. The van der Waals surface area contributed by atoms with Crippen LogP contribution in [-0.2, 0) is 0 Å². The molecule has 4 heteroatoms. The molecule has 1 unspecified atom stereocenters. The van der Waals surface area contributed by atoms with Gasteiger partial charge in [0.15, 0.2) is 0 Å². The predicted octanol–water partition coefficient (Wildman–Crippen LogP) is 4.52. The standard InChI is InChI=1S/C15H26F3N/c1-2-10-19-14(11-4-3-5-11)12-6-8-13(9-7-12)15(16,17)18/h11-14,19H,2-10H2,1H3. The van der Waals surface area contributed by atoms with Crippen molar-refractivity contribution in [1.29, 1.82) is 0 Å². The van der Waals surface area contributed by atoms with Crippen molar-refractivity contribution in [3.8, 4) is 0 Å². The maximum absolute atomic E-state index is 12.7. The van der Waals surface area contributed by atoms with E-state index in [1.165, 1.54) is 19.3 Å². The van der Waals surface area contributed by atoms with Gasteiger partial charge in [-0.3, -0.25) is 0 Å². The predicted molar refractivity (Wildman–Crippen MR) is 70.9 cm³/mol. The molecule has 1 nitrogen and oxygen atoms in total. The molecule has 0 bridgehead atoms. The molecule has 0 aromatic heterocycles. The molecule has 19 heavy (non-hydrogen) atoms. The molecule has 0 amide bonds. The van der Waals surface area contributed by atoms with Crippen molar-refractivity contribution >= 4 is 0 Å². The molecule has 1 N–H and O–H groups in total. The van der Waals surface area contributed by atoms with Gasteiger partial charge in [0.2, 0.25) is 0 Å². The fourth-order valence-corrected chi connectivity index (χ4v) is 3.63. The zero-order chi connectivity index (χ0) is 13.9. The Bertz CT molecular complexity index is 265. The van der Waals surface area contributed by atoms with Gasteiger partial charge < -0.3 is 5.32 Å². The van der Waals surface area contributed by atoms with Gasteiger partial charge in [0.05, 0.1) is 5.92 Å². The third kappa shape index (κ3) is 3.87. The normalized spacial score (nSPS) is 30.9. The fourth-order valence-electron chi connectivity index (χ4n) is 3.63. The summed E-state index contributed by atoms with van der Waals surface area (Å²) >= 11 is 0. The molecular weight excluding hydrogens is 251 g/mol. The second-order valence-corrected chi connectivity index (χ2v) is 6.32. The highest BCUT2D eigenvalue weighted by Crippen LogP contribution is 2.43. The summed E-state index contributed by atoms with van der Waals surface area (Å²) in [5, 5.41) is 3.61. The minimum absolute atomic E-state index is 0.338. The first-order valence-corrected chi connectivity index (χ1v) is 7.82. The van der Waals surface area contributed by atoms with Crippen LogP contribution in [0, 0.1) is 17.8 Å². The van der Waals surface area contributed by atoms with E-state index >= 15 is 0 Å². The molecule has 0 aromatic rings. The number of hydrogen-bond acceptors (Lipinski definition) is 1. The van der Waals surface area contributed by atoms with Crippen LogP contribution in [0.4, 0.5) is 13.2 Å². The first kappa shape index (κ1) is 15.1. The van der Waals surface area contributed by atoms with E-state index in [1.54, 1.807) is 0 Å². The third-order valence-corrected chi connectivity index (χ3v) is 5.03. The average molecular weight is 277 g/mol. The first-order chi connectivity index (χ1) is 9.02. The van der Waals surface area contributed by atoms with Crippen LogP contribution in [0.2, 0.25) is 0 Å². The van der Waals surface area contributed by atoms with E-state index in [0.29, 0.717) is 24.8 Å². The molecule has 2 aliphatic rings. The highest BCUT2D eigenvalue weighted by Gasteiger charge is 2.43. The summed E-state index contributed by atoms with van der Waals surface area (Å²) in [6, 6.07) is 0.475. The van der Waals surface area contributed by atoms with Gasteiger partial charge in [-0.05, 0) is 63.3 Å². The molecule has 2 rings (SSSR count). The Hall–Kier alpha value is -0.250. The molecule has 0 radical (unpaired) electrons. The maximum Gasteiger partial charge on any atom is 0.391 e. The van der Waals surface area contributed by atoms with Gasteiger partial charge in [-0.15, -0.1) is 0 Å². The molecule has 2 aliphatic carbocycles. The van der Waals surface area contributed by atoms with Crippen LogP contribution in [0.5, 0.6) is 0 Å². The quantitative estimate of drug-likeness (QED) is 0.779. The lowest BCUT2D eigenvalue weighted by atomic mass is 9.69. The van der Waals surface area contributed by atoms with Gasteiger partial charge in [-0.25, -0.2) is 0 Å². The topological polar surface area (TPSA) is 12.0 Å². The van der Waals surface area contributed by atoms with Gasteiger partial charge in [0, 0.05) is 6.04 Å². The Kier molecular flexibility index (Phi) is 5.15. The molecule has 1 atom stereocenters. The van der Waals surface area contributed by atoms with Crippen molar-refractivity contribution < 1.29 is 13.2 Å². The number of rotatable bonds is 5. The van der Waals surface area contributed by atoms with Crippen LogP contribution in [0.15, 0.2) is 0 Å². The summed E-state index contributed by atoms with van der Waals surface area (Å²) in [5.41, 5.74) is 0. The van der Waals surface area contributed by atoms with Crippen molar-refractivity contribution in [3.05, 3.63) is 0 Å². The molecule has 0 spiro atoms. The monoisotopic (exact) mass is 277 g/mol. The summed E-state index contributed by atoms with van der Waals surface area (Å²) in [4.78, 5) is 0. The summed E-state index contributed by atoms with van der Waals surface area (Å²) in [6.45, 7) is 3.14. The lowest BCUT2D eigenvalue weighted by Gasteiger charge is -2.42. The van der Waals surface area contributed by atoms with E-state index in [0.717, 1.165) is 31.7 Å². The summed E-state index contributed by atoms with van der Waals surface area (Å²) < 4.78 is 38.1. The van der Waals surface area contributed by atoms with Gasteiger partial charge in [-0.1, -0.05) is 13.3 Å². The Morgan fingerprint density at radius 1 is 1.00 bits per heavy atom. The average Bonchev–Trinajstić information content (AvgIpc) is 2.31. The Balaban J connectivity index is 1.86. The van der Waals surface area contributed by atoms with Crippen LogP contribution < -0.4 is 5.32 Å². The zero-order valence-corrected chi connectivity index (χ0v) is 11.8. The molecular formula is C15H26F3N. The van der Waals surface area contributed by atoms with E-state index in [4.69, 9.17) is 0 Å². The minimum atomic E-state index is -3.98. The molecule has 2 fully saturated rings. The molecule has 0 heterocycles. The number of nitrogens with one attached hydrogen (secondary N) is 1. The van der Waals surface area contributed by atoms with E-state index in [2.05, 4.69) is 12.2 Å². The number of hydrogen-bond donors (Lipinski definition) is 1. The lowest BCUT2D eigenvalue weighted by Crippen LogP contribution is -2.47. The summed E-state index contributed by atoms with van der Waals surface area (Å²) in [5.74, 6) is 0.145. The maximum atomic E-state index is 12.7. The highest BCUT2D eigenvalue weighted by atomic mass is 19.4. The van der Waals surface area contributed by atoms with E-state index in [9.17, 15) is 13.2 Å². The van der Waals surface area contributed by atoms with Crippen molar-refractivity contribution in [2.45, 2.75) is 70.5 Å². The van der Waals surface area contributed by atoms with Crippen molar-refractivity contribution in [2.75, 3.05) is 6.54 Å². The smallest absolute Gasteiger partial charge is 0.313 e. The Morgan fingerprint density at radius 3 is 2.00 bits per heavy atom. The van der Waals surface area contributed by atoms with Crippen molar-refractivity contribution in [1.82, 2.24) is 5.32 Å². The van der Waals surface area contributed by atoms with Crippen LogP contribution in [-0.4, -0.2) is 18.8 Å². The van der Waals surface area contributed by atoms with Gasteiger partial charge in [-0.2, -0.15) is 13.2 Å². The Morgan fingerprint density at radius 2 is 1.58 bits per heavy atom. The van der Waals surface area contributed by atoms with Crippen LogP contribution >= 0.6 is 0 Å². The van der Waals surface area contributed by atoms with Gasteiger partial charge in [0.25, 0.3) is 0 Å². The zero-order valence-electron chi connectivity index (χ0n) is 11.8. The number of alkyl halides is 3. The van der Waals surface area contributed by atoms with Crippen LogP contribution in [0.1, 0.15) is 58.3 Å². The van der Waals surface area contributed by atoms with E-state index in [-0.39, 0.29) is 0 Å². The molecule has 0 saturated heterocycles. The second-order valence-electron chi connectivity index (χ2n) is 6.32. The summed E-state index contributed by atoms with van der Waals surface area (Å²) in [7, 11) is 0. The van der Waals surface area contributed by atoms with Crippen LogP contribution in [0.25, 0.3) is 0 Å². The highest BCUT2D eigenvalue weighted by molar-refractivity contribution is 4.90. The molecule has 112 valence electrons. The van der Waals surface area contributed by atoms with E-state index in [1.807, 2.05) is 0 Å². The summed E-state index contributed by atoms with van der Waals surface area (Å²) in [6.07, 6.45) is 3.13. The fraction of sp³-hybridized carbons (Fsp3) is 1.00. The number of halogens is 3. The van der Waals surface area contributed by atoms with Gasteiger partial charge >= 0.3 is 6.18 Å². The van der Waals surface area contributed by atoms with Crippen molar-refractivity contribution in [2.24, 2.45) is 17.8 Å². The first-order valence-electron chi connectivity index (χ1n) is 7.82. The molecule has 0 aromatic carbocycles. The Labute approximate surface area is 114 Å². The molecule has 2 saturated carbocycles. The van der Waals surface area contributed by atoms with E-state index < -0.39 is 12.1 Å². The largest absolute Gasteiger partial charge is 0.391 e. The molecule has 0 aliphatic heterocycles. The van der Waals surface area contributed by atoms with Crippen LogP contribution in [0.3, 0.4) is 0 Å². The third-order valence-electron chi connectivity index (χ3n) is 5.03. The SMILES string of the molecule is CCCNC(C1CCC1)C1CCC(C(F)(F)F)CC1.